The Morgan fingerprint density at radius 1 is 1.60 bits per heavy atom. The second kappa shape index (κ2) is 5.41. The van der Waals surface area contributed by atoms with Gasteiger partial charge in [-0.15, -0.1) is 0 Å². The summed E-state index contributed by atoms with van der Waals surface area (Å²) in [5.74, 6) is -0.412. The Morgan fingerprint density at radius 2 is 2.33 bits per heavy atom. The lowest BCUT2D eigenvalue weighted by atomic mass is 10.2. The number of methoxy groups -OCH3 is 1. The maximum absolute atomic E-state index is 11.0. The second-order valence-electron chi connectivity index (χ2n) is 2.96. The van der Waals surface area contributed by atoms with Crippen LogP contribution >= 0.6 is 11.6 Å². The first kappa shape index (κ1) is 11.6. The Hall–Kier alpha value is -1.48. The van der Waals surface area contributed by atoms with Gasteiger partial charge >= 0.3 is 5.97 Å². The first-order valence-electron chi connectivity index (χ1n) is 4.39. The zero-order chi connectivity index (χ0) is 11.3. The maximum Gasteiger partial charge on any atom is 0.334 e. The number of halogens is 1. The largest absolute Gasteiger partial charge is 0.466 e. The highest BCUT2D eigenvalue weighted by molar-refractivity contribution is 6.30. The molecule has 0 radical (unpaired) electrons. The Bertz CT molecular complexity index is 377. The van der Waals surface area contributed by atoms with Crippen molar-refractivity contribution in [1.82, 2.24) is 0 Å². The minimum atomic E-state index is -0.412. The van der Waals surface area contributed by atoms with Gasteiger partial charge < -0.3 is 10.1 Å². The third kappa shape index (κ3) is 3.64. The molecule has 1 rings (SSSR count). The fourth-order valence-electron chi connectivity index (χ4n) is 1.02. The van der Waals surface area contributed by atoms with Crippen LogP contribution in [0.4, 0.5) is 5.69 Å². The summed E-state index contributed by atoms with van der Waals surface area (Å²) < 4.78 is 4.52. The first-order chi connectivity index (χ1) is 7.13. The van der Waals surface area contributed by atoms with Crippen molar-refractivity contribution in [1.29, 1.82) is 0 Å². The van der Waals surface area contributed by atoms with Gasteiger partial charge in [0.2, 0.25) is 0 Å². The topological polar surface area (TPSA) is 38.3 Å². The lowest BCUT2D eigenvalue weighted by molar-refractivity contribution is -0.136. The highest BCUT2D eigenvalue weighted by Crippen LogP contribution is 2.14. The van der Waals surface area contributed by atoms with E-state index in [0.717, 1.165) is 5.69 Å². The zero-order valence-corrected chi connectivity index (χ0v) is 9.17. The van der Waals surface area contributed by atoms with Gasteiger partial charge in [0, 0.05) is 22.8 Å². The molecule has 3 nitrogen and oxygen atoms in total. The molecule has 0 heterocycles. The van der Waals surface area contributed by atoms with Crippen molar-refractivity contribution in [3.8, 4) is 0 Å². The molecule has 0 aliphatic rings. The number of anilines is 1. The number of ether oxygens (including phenoxy) is 1. The molecule has 15 heavy (non-hydrogen) atoms. The van der Waals surface area contributed by atoms with E-state index in [2.05, 4.69) is 16.6 Å². The quantitative estimate of drug-likeness (QED) is 0.632. The highest BCUT2D eigenvalue weighted by Gasteiger charge is 2.05. The number of rotatable bonds is 4. The minimum absolute atomic E-state index is 0.340. The summed E-state index contributed by atoms with van der Waals surface area (Å²) in [6.45, 7) is 3.93. The summed E-state index contributed by atoms with van der Waals surface area (Å²) in [6, 6.07) is 7.23. The van der Waals surface area contributed by atoms with Gasteiger partial charge in [-0.05, 0) is 18.2 Å². The number of carbonyl (C=O) groups is 1. The van der Waals surface area contributed by atoms with Crippen LogP contribution in [0, 0.1) is 0 Å². The van der Waals surface area contributed by atoms with Gasteiger partial charge in [0.15, 0.2) is 0 Å². The lowest BCUT2D eigenvalue weighted by Gasteiger charge is -2.07. The summed E-state index contributed by atoms with van der Waals surface area (Å²) >= 11 is 5.80. The molecule has 80 valence electrons. The SMILES string of the molecule is C=C(CNc1cccc(Cl)c1)C(=O)OC. The summed E-state index contributed by atoms with van der Waals surface area (Å²) in [4.78, 5) is 11.0. The van der Waals surface area contributed by atoms with Crippen molar-refractivity contribution in [3.63, 3.8) is 0 Å². The fraction of sp³-hybridized carbons (Fsp3) is 0.182. The highest BCUT2D eigenvalue weighted by atomic mass is 35.5. The number of carbonyl (C=O) groups excluding carboxylic acids is 1. The Morgan fingerprint density at radius 3 is 2.93 bits per heavy atom. The van der Waals surface area contributed by atoms with Crippen molar-refractivity contribution < 1.29 is 9.53 Å². The summed E-state index contributed by atoms with van der Waals surface area (Å²) in [5.41, 5.74) is 1.21. The monoisotopic (exact) mass is 225 g/mol. The summed E-state index contributed by atoms with van der Waals surface area (Å²) in [5, 5.41) is 3.66. The van der Waals surface area contributed by atoms with Crippen LogP contribution in [0.5, 0.6) is 0 Å². The molecule has 0 aliphatic carbocycles. The van der Waals surface area contributed by atoms with Gasteiger partial charge in [-0.2, -0.15) is 0 Å². The summed E-state index contributed by atoms with van der Waals surface area (Å²) in [7, 11) is 1.33. The van der Waals surface area contributed by atoms with E-state index < -0.39 is 5.97 Å². The second-order valence-corrected chi connectivity index (χ2v) is 3.40. The van der Waals surface area contributed by atoms with E-state index in [0.29, 0.717) is 17.1 Å². The van der Waals surface area contributed by atoms with E-state index in [1.54, 1.807) is 12.1 Å². The number of nitrogens with one attached hydrogen (secondary N) is 1. The third-order valence-corrected chi connectivity index (χ3v) is 2.04. The zero-order valence-electron chi connectivity index (χ0n) is 8.42. The third-order valence-electron chi connectivity index (χ3n) is 1.80. The van der Waals surface area contributed by atoms with Crippen LogP contribution < -0.4 is 5.32 Å². The standard InChI is InChI=1S/C11H12ClNO2/c1-8(11(14)15-2)7-13-10-5-3-4-9(12)6-10/h3-6,13H,1,7H2,2H3. The number of hydrogen-bond acceptors (Lipinski definition) is 3. The van der Waals surface area contributed by atoms with Gasteiger partial charge in [0.25, 0.3) is 0 Å². The predicted molar refractivity (Wildman–Crippen MR) is 61.1 cm³/mol. The minimum Gasteiger partial charge on any atom is -0.466 e. The van der Waals surface area contributed by atoms with Gasteiger partial charge in [-0.1, -0.05) is 24.2 Å². The van der Waals surface area contributed by atoms with Gasteiger partial charge in [0.1, 0.15) is 0 Å². The van der Waals surface area contributed by atoms with Crippen molar-refractivity contribution in [3.05, 3.63) is 41.4 Å². The molecule has 1 N–H and O–H groups in total. The number of hydrogen-bond donors (Lipinski definition) is 1. The Labute approximate surface area is 93.7 Å². The normalized spacial score (nSPS) is 9.47. The maximum atomic E-state index is 11.0. The number of benzene rings is 1. The lowest BCUT2D eigenvalue weighted by Crippen LogP contribution is -2.13. The van der Waals surface area contributed by atoms with Crippen molar-refractivity contribution in [2.45, 2.75) is 0 Å². The molecule has 0 unspecified atom stereocenters. The van der Waals surface area contributed by atoms with Crippen LogP contribution in [0.2, 0.25) is 5.02 Å². The van der Waals surface area contributed by atoms with E-state index >= 15 is 0 Å². The average Bonchev–Trinajstić information content (AvgIpc) is 2.25. The van der Waals surface area contributed by atoms with E-state index in [9.17, 15) is 4.79 Å². The molecule has 0 aliphatic heterocycles. The van der Waals surface area contributed by atoms with Crippen LogP contribution in [-0.4, -0.2) is 19.6 Å². The van der Waals surface area contributed by atoms with E-state index in [1.807, 2.05) is 12.1 Å². The number of esters is 1. The molecule has 0 saturated carbocycles. The molecule has 0 bridgehead atoms. The van der Waals surface area contributed by atoms with Gasteiger partial charge in [-0.25, -0.2) is 4.79 Å². The average molecular weight is 226 g/mol. The molecule has 0 atom stereocenters. The van der Waals surface area contributed by atoms with Crippen LogP contribution in [-0.2, 0) is 9.53 Å². The molecular formula is C11H12ClNO2. The van der Waals surface area contributed by atoms with E-state index in [1.165, 1.54) is 7.11 Å². The molecule has 0 amide bonds. The summed E-state index contributed by atoms with van der Waals surface area (Å²) in [6.07, 6.45) is 0. The Kier molecular flexibility index (Phi) is 4.18. The van der Waals surface area contributed by atoms with Crippen LogP contribution in [0.25, 0.3) is 0 Å². The van der Waals surface area contributed by atoms with Crippen molar-refractivity contribution in [2.24, 2.45) is 0 Å². The molecule has 0 spiro atoms. The predicted octanol–water partition coefficient (Wildman–Crippen LogP) is 2.48. The van der Waals surface area contributed by atoms with Crippen LogP contribution in [0.3, 0.4) is 0 Å². The molecule has 0 saturated heterocycles. The van der Waals surface area contributed by atoms with Crippen LogP contribution in [0.1, 0.15) is 0 Å². The molecule has 0 aromatic heterocycles. The van der Waals surface area contributed by atoms with Gasteiger partial charge in [-0.3, -0.25) is 0 Å². The Balaban J connectivity index is 2.50. The fourth-order valence-corrected chi connectivity index (χ4v) is 1.21. The first-order valence-corrected chi connectivity index (χ1v) is 4.77. The van der Waals surface area contributed by atoms with Crippen molar-refractivity contribution in [2.75, 3.05) is 19.0 Å². The smallest absolute Gasteiger partial charge is 0.334 e. The molecule has 1 aromatic rings. The van der Waals surface area contributed by atoms with E-state index in [-0.39, 0.29) is 0 Å². The molecule has 1 aromatic carbocycles. The van der Waals surface area contributed by atoms with Crippen molar-refractivity contribution >= 4 is 23.3 Å². The molecular weight excluding hydrogens is 214 g/mol. The van der Waals surface area contributed by atoms with Gasteiger partial charge in [0.05, 0.1) is 7.11 Å². The van der Waals surface area contributed by atoms with E-state index in [4.69, 9.17) is 11.6 Å². The van der Waals surface area contributed by atoms with Crippen LogP contribution in [0.15, 0.2) is 36.4 Å². The molecule has 4 heteroatoms. The molecule has 0 fully saturated rings.